The lowest BCUT2D eigenvalue weighted by Gasteiger charge is -2.22. The molecule has 0 spiro atoms. The predicted molar refractivity (Wildman–Crippen MR) is 143 cm³/mol. The van der Waals surface area contributed by atoms with Crippen LogP contribution in [-0.2, 0) is 4.79 Å². The largest absolute Gasteiger partial charge is 0.329 e. The molecule has 34 heavy (non-hydrogen) atoms. The van der Waals surface area contributed by atoms with Crippen molar-refractivity contribution in [3.8, 4) is 0 Å². The fourth-order valence-corrected chi connectivity index (χ4v) is 4.58. The summed E-state index contributed by atoms with van der Waals surface area (Å²) in [7, 11) is 0. The Morgan fingerprint density at radius 1 is 0.794 bits per heavy atom. The summed E-state index contributed by atoms with van der Waals surface area (Å²) in [6, 6.07) is 9.66. The highest BCUT2D eigenvalue weighted by Gasteiger charge is 2.34. The first kappa shape index (κ1) is 27.9. The molecule has 1 aromatic rings. The number of hydrogen-bond acceptors (Lipinski definition) is 2. The van der Waals surface area contributed by atoms with Crippen molar-refractivity contribution in [2.75, 3.05) is 6.54 Å². The highest BCUT2D eigenvalue weighted by molar-refractivity contribution is 6.11. The van der Waals surface area contributed by atoms with Gasteiger partial charge in [-0.15, -0.1) is 0 Å². The molecule has 1 unspecified atom stereocenters. The highest BCUT2D eigenvalue weighted by atomic mass is 16.2. The highest BCUT2D eigenvalue weighted by Crippen LogP contribution is 2.23. The second-order valence-electron chi connectivity index (χ2n) is 9.67. The molecule has 0 bridgehead atoms. The van der Waals surface area contributed by atoms with Gasteiger partial charge >= 0.3 is 6.03 Å². The van der Waals surface area contributed by atoms with E-state index in [1.807, 2.05) is 42.5 Å². The number of unbranched alkanes of at least 4 members (excludes halogenated alkanes) is 10. The molecule has 1 heterocycles. The van der Waals surface area contributed by atoms with Crippen LogP contribution >= 0.6 is 0 Å². The fraction of sp³-hybridized carbons (Fsp3) is 0.600. The minimum Gasteiger partial charge on any atom is -0.303 e. The summed E-state index contributed by atoms with van der Waals surface area (Å²) >= 11 is 0. The Morgan fingerprint density at radius 3 is 1.94 bits per heavy atom. The van der Waals surface area contributed by atoms with Crippen molar-refractivity contribution >= 4 is 18.0 Å². The standard InChI is InChI=1S/C30H46N2O2/c1-3-5-7-9-10-12-15-22-27(21-14-11-8-6-4-2)25-32-29(33)28(31-30(32)34)24-18-23-26-19-16-13-17-20-26/h13,16-20,23-24,27H,3-12,14-15,21-22,25H2,1-2H3,(H,31,34). The van der Waals surface area contributed by atoms with E-state index in [-0.39, 0.29) is 11.9 Å². The Kier molecular flexibility index (Phi) is 14.0. The van der Waals surface area contributed by atoms with Crippen LogP contribution in [0, 0.1) is 5.92 Å². The number of carbonyl (C=O) groups is 2. The molecule has 4 nitrogen and oxygen atoms in total. The van der Waals surface area contributed by atoms with Crippen molar-refractivity contribution in [2.24, 2.45) is 5.92 Å². The van der Waals surface area contributed by atoms with E-state index >= 15 is 0 Å². The van der Waals surface area contributed by atoms with E-state index in [4.69, 9.17) is 0 Å². The number of nitrogens with one attached hydrogen (secondary N) is 1. The van der Waals surface area contributed by atoms with E-state index in [9.17, 15) is 9.59 Å². The Labute approximate surface area is 207 Å². The molecule has 1 atom stereocenters. The number of urea groups is 1. The average Bonchev–Trinajstić information content (AvgIpc) is 3.11. The summed E-state index contributed by atoms with van der Waals surface area (Å²) in [5, 5.41) is 2.77. The molecule has 1 N–H and O–H groups in total. The Hall–Kier alpha value is -2.36. The van der Waals surface area contributed by atoms with Gasteiger partial charge in [0.15, 0.2) is 0 Å². The van der Waals surface area contributed by atoms with Gasteiger partial charge < -0.3 is 5.32 Å². The maximum absolute atomic E-state index is 12.9. The normalized spacial score (nSPS) is 16.1. The van der Waals surface area contributed by atoms with Gasteiger partial charge in [-0.05, 0) is 30.4 Å². The molecular formula is C30H46N2O2. The zero-order chi connectivity index (χ0) is 24.4. The summed E-state index contributed by atoms with van der Waals surface area (Å²) in [4.78, 5) is 26.9. The molecule has 0 radical (unpaired) electrons. The zero-order valence-electron chi connectivity index (χ0n) is 21.6. The quantitative estimate of drug-likeness (QED) is 0.134. The van der Waals surface area contributed by atoms with Gasteiger partial charge in [0.2, 0.25) is 0 Å². The van der Waals surface area contributed by atoms with Crippen molar-refractivity contribution in [3.63, 3.8) is 0 Å². The molecule has 1 fully saturated rings. The van der Waals surface area contributed by atoms with E-state index < -0.39 is 0 Å². The van der Waals surface area contributed by atoms with E-state index in [1.165, 1.54) is 81.9 Å². The second kappa shape index (κ2) is 17.1. The van der Waals surface area contributed by atoms with Gasteiger partial charge in [-0.2, -0.15) is 0 Å². The Balaban J connectivity index is 1.88. The van der Waals surface area contributed by atoms with Crippen LogP contribution in [0.4, 0.5) is 4.79 Å². The van der Waals surface area contributed by atoms with Crippen molar-refractivity contribution in [1.29, 1.82) is 0 Å². The molecule has 1 aliphatic heterocycles. The van der Waals surface area contributed by atoms with Crippen LogP contribution in [-0.4, -0.2) is 23.4 Å². The minimum absolute atomic E-state index is 0.196. The van der Waals surface area contributed by atoms with Gasteiger partial charge in [0.25, 0.3) is 5.91 Å². The summed E-state index contributed by atoms with van der Waals surface area (Å²) in [5.74, 6) is 0.199. The van der Waals surface area contributed by atoms with E-state index in [1.54, 1.807) is 6.08 Å². The third-order valence-electron chi connectivity index (χ3n) is 6.69. The van der Waals surface area contributed by atoms with Crippen LogP contribution in [0.15, 0.2) is 48.2 Å². The van der Waals surface area contributed by atoms with Crippen LogP contribution in [0.5, 0.6) is 0 Å². The van der Waals surface area contributed by atoms with Gasteiger partial charge in [0.05, 0.1) is 0 Å². The first-order chi connectivity index (χ1) is 16.7. The number of amides is 3. The lowest BCUT2D eigenvalue weighted by Crippen LogP contribution is -2.35. The number of rotatable bonds is 18. The minimum atomic E-state index is -0.278. The maximum Gasteiger partial charge on any atom is 0.329 e. The van der Waals surface area contributed by atoms with Crippen molar-refractivity contribution < 1.29 is 9.59 Å². The van der Waals surface area contributed by atoms with Gasteiger partial charge in [-0.25, -0.2) is 4.79 Å². The van der Waals surface area contributed by atoms with E-state index in [0.29, 0.717) is 18.2 Å². The first-order valence-corrected chi connectivity index (χ1v) is 13.7. The Bertz CT molecular complexity index is 769. The third kappa shape index (κ3) is 10.7. The van der Waals surface area contributed by atoms with Crippen molar-refractivity contribution in [2.45, 2.75) is 104 Å². The third-order valence-corrected chi connectivity index (χ3v) is 6.69. The van der Waals surface area contributed by atoms with Crippen LogP contribution in [0.1, 0.15) is 109 Å². The van der Waals surface area contributed by atoms with Crippen LogP contribution in [0.3, 0.4) is 0 Å². The lowest BCUT2D eigenvalue weighted by molar-refractivity contribution is -0.123. The molecule has 2 rings (SSSR count). The molecule has 0 saturated carbocycles. The van der Waals surface area contributed by atoms with Gasteiger partial charge in [0, 0.05) is 6.54 Å². The van der Waals surface area contributed by atoms with Gasteiger partial charge in [-0.3, -0.25) is 9.69 Å². The summed E-state index contributed by atoms with van der Waals surface area (Å²) in [6.45, 7) is 5.02. The number of hydrogen-bond donors (Lipinski definition) is 1. The molecule has 0 aromatic heterocycles. The van der Waals surface area contributed by atoms with Gasteiger partial charge in [-0.1, -0.05) is 133 Å². The van der Waals surface area contributed by atoms with Gasteiger partial charge in [0.1, 0.15) is 5.70 Å². The lowest BCUT2D eigenvalue weighted by atomic mass is 9.93. The number of nitrogens with zero attached hydrogens (tertiary/aromatic N) is 1. The molecule has 3 amide bonds. The predicted octanol–water partition coefficient (Wildman–Crippen LogP) is 8.25. The summed E-state index contributed by atoms with van der Waals surface area (Å²) < 4.78 is 0. The first-order valence-electron chi connectivity index (χ1n) is 13.7. The number of carbonyl (C=O) groups excluding carboxylic acids is 2. The molecule has 188 valence electrons. The monoisotopic (exact) mass is 466 g/mol. The SMILES string of the molecule is CCCCCCCCCC(CCCCCCC)CN1C(=O)NC(=CC=Cc2ccccc2)C1=O. The topological polar surface area (TPSA) is 49.4 Å². The maximum atomic E-state index is 12.9. The molecule has 1 aliphatic rings. The smallest absolute Gasteiger partial charge is 0.303 e. The molecule has 1 aromatic carbocycles. The van der Waals surface area contributed by atoms with Crippen LogP contribution in [0.2, 0.25) is 0 Å². The van der Waals surface area contributed by atoms with Crippen molar-refractivity contribution in [3.05, 3.63) is 53.7 Å². The fourth-order valence-electron chi connectivity index (χ4n) is 4.58. The molecule has 1 saturated heterocycles. The number of allylic oxidation sites excluding steroid dienone is 2. The molecule has 0 aliphatic carbocycles. The van der Waals surface area contributed by atoms with Crippen LogP contribution < -0.4 is 5.32 Å². The second-order valence-corrected chi connectivity index (χ2v) is 9.67. The zero-order valence-corrected chi connectivity index (χ0v) is 21.6. The Morgan fingerprint density at radius 2 is 1.35 bits per heavy atom. The summed E-state index contributed by atoms with van der Waals surface area (Å²) in [5.41, 5.74) is 1.43. The number of imide groups is 1. The molecule has 4 heteroatoms. The van der Waals surface area contributed by atoms with E-state index in [0.717, 1.165) is 18.4 Å². The summed E-state index contributed by atoms with van der Waals surface area (Å²) in [6.07, 6.45) is 23.0. The van der Waals surface area contributed by atoms with E-state index in [2.05, 4.69) is 19.2 Å². The average molecular weight is 467 g/mol. The number of benzene rings is 1. The van der Waals surface area contributed by atoms with Crippen LogP contribution in [0.25, 0.3) is 6.08 Å². The van der Waals surface area contributed by atoms with Crippen molar-refractivity contribution in [1.82, 2.24) is 10.2 Å². The molecular weight excluding hydrogens is 420 g/mol.